The van der Waals surface area contributed by atoms with Gasteiger partial charge in [0.1, 0.15) is 0 Å². The number of ether oxygens (including phenoxy) is 1. The summed E-state index contributed by atoms with van der Waals surface area (Å²) in [4.78, 5) is 9.89. The maximum absolute atomic E-state index is 5.45. The Labute approximate surface area is 170 Å². The van der Waals surface area contributed by atoms with Crippen molar-refractivity contribution in [2.45, 2.75) is 45.3 Å². The summed E-state index contributed by atoms with van der Waals surface area (Å²) in [6.07, 6.45) is 2.33. The molecule has 2 heterocycles. The molecule has 2 saturated heterocycles. The zero-order chi connectivity index (χ0) is 19.6. The minimum Gasteiger partial charge on any atom is -0.379 e. The normalized spacial score (nSPS) is 21.4. The summed E-state index contributed by atoms with van der Waals surface area (Å²) in [5, 5.41) is 7.09. The van der Waals surface area contributed by atoms with Crippen LogP contribution < -0.4 is 10.6 Å². The number of benzene rings is 1. The third kappa shape index (κ3) is 6.76. The molecule has 2 aliphatic rings. The van der Waals surface area contributed by atoms with Gasteiger partial charge >= 0.3 is 0 Å². The molecule has 156 valence electrons. The highest BCUT2D eigenvalue weighted by molar-refractivity contribution is 5.80. The van der Waals surface area contributed by atoms with Crippen LogP contribution >= 0.6 is 0 Å². The van der Waals surface area contributed by atoms with Crippen LogP contribution in [0.3, 0.4) is 0 Å². The Morgan fingerprint density at radius 2 is 1.86 bits per heavy atom. The monoisotopic (exact) mass is 387 g/mol. The molecule has 2 fully saturated rings. The van der Waals surface area contributed by atoms with E-state index in [0.29, 0.717) is 12.1 Å². The Bertz CT molecular complexity index is 580. The Morgan fingerprint density at radius 1 is 1.14 bits per heavy atom. The molecule has 1 aromatic carbocycles. The van der Waals surface area contributed by atoms with E-state index >= 15 is 0 Å². The molecule has 0 amide bonds. The summed E-state index contributed by atoms with van der Waals surface area (Å²) in [5.41, 5.74) is 1.40. The summed E-state index contributed by atoms with van der Waals surface area (Å²) < 4.78 is 5.45. The maximum Gasteiger partial charge on any atom is 0.191 e. The highest BCUT2D eigenvalue weighted by Gasteiger charge is 2.21. The lowest BCUT2D eigenvalue weighted by atomic mass is 10.0. The van der Waals surface area contributed by atoms with Crippen molar-refractivity contribution in [2.24, 2.45) is 4.99 Å². The highest BCUT2D eigenvalue weighted by atomic mass is 16.5. The molecule has 1 unspecified atom stereocenters. The van der Waals surface area contributed by atoms with Gasteiger partial charge in [0.25, 0.3) is 0 Å². The molecule has 0 aliphatic carbocycles. The quantitative estimate of drug-likeness (QED) is 0.553. The molecule has 28 heavy (non-hydrogen) atoms. The van der Waals surface area contributed by atoms with Gasteiger partial charge in [-0.05, 0) is 32.3 Å². The molecule has 6 nitrogen and oxygen atoms in total. The Morgan fingerprint density at radius 3 is 2.54 bits per heavy atom. The van der Waals surface area contributed by atoms with Crippen LogP contribution in [-0.4, -0.2) is 80.3 Å². The number of nitrogens with one attached hydrogen (secondary N) is 2. The molecule has 2 N–H and O–H groups in total. The second kappa shape index (κ2) is 11.4. The molecular formula is C22H37N5O. The van der Waals surface area contributed by atoms with E-state index in [9.17, 15) is 0 Å². The predicted molar refractivity (Wildman–Crippen MR) is 116 cm³/mol. The molecular weight excluding hydrogens is 350 g/mol. The first kappa shape index (κ1) is 21.1. The van der Waals surface area contributed by atoms with Gasteiger partial charge in [0, 0.05) is 51.4 Å². The smallest absolute Gasteiger partial charge is 0.191 e. The number of morpholine rings is 1. The highest BCUT2D eigenvalue weighted by Crippen LogP contribution is 2.14. The van der Waals surface area contributed by atoms with E-state index in [2.05, 4.69) is 64.6 Å². The zero-order valence-corrected chi connectivity index (χ0v) is 17.6. The van der Waals surface area contributed by atoms with Crippen molar-refractivity contribution in [1.82, 2.24) is 20.4 Å². The average Bonchev–Trinajstić information content (AvgIpc) is 2.75. The molecule has 2 aliphatic heterocycles. The van der Waals surface area contributed by atoms with Crippen LogP contribution in [0, 0.1) is 0 Å². The summed E-state index contributed by atoms with van der Waals surface area (Å²) in [5.74, 6) is 0.962. The number of hydrogen-bond donors (Lipinski definition) is 2. The number of rotatable bonds is 7. The van der Waals surface area contributed by atoms with Gasteiger partial charge in [-0.2, -0.15) is 0 Å². The third-order valence-electron chi connectivity index (χ3n) is 5.70. The minimum atomic E-state index is 0.451. The van der Waals surface area contributed by atoms with Crippen molar-refractivity contribution in [3.63, 3.8) is 0 Å². The summed E-state index contributed by atoms with van der Waals surface area (Å²) >= 11 is 0. The minimum absolute atomic E-state index is 0.451. The SMILES string of the molecule is CCNC(=NCC(C)N1CCOCC1)NC1CCN(Cc2ccccc2)CC1. The molecule has 0 bridgehead atoms. The average molecular weight is 388 g/mol. The Kier molecular flexibility index (Phi) is 8.58. The largest absolute Gasteiger partial charge is 0.379 e. The van der Waals surface area contributed by atoms with Crippen LogP contribution in [0.1, 0.15) is 32.3 Å². The molecule has 0 radical (unpaired) electrons. The van der Waals surface area contributed by atoms with E-state index < -0.39 is 0 Å². The number of nitrogens with zero attached hydrogens (tertiary/aromatic N) is 3. The number of hydrogen-bond acceptors (Lipinski definition) is 4. The standard InChI is InChI=1S/C22H37N5O/c1-3-23-22(24-17-19(2)27-13-15-28-16-14-27)25-21-9-11-26(12-10-21)18-20-7-5-4-6-8-20/h4-8,19,21H,3,9-18H2,1-2H3,(H2,23,24,25). The van der Waals surface area contributed by atoms with E-state index in [0.717, 1.165) is 77.8 Å². The first-order valence-corrected chi connectivity index (χ1v) is 10.9. The van der Waals surface area contributed by atoms with Crippen molar-refractivity contribution >= 4 is 5.96 Å². The maximum atomic E-state index is 5.45. The number of aliphatic imine (C=N–C) groups is 1. The molecule has 3 rings (SSSR count). The Hall–Kier alpha value is -1.63. The van der Waals surface area contributed by atoms with Crippen molar-refractivity contribution in [2.75, 3.05) is 52.5 Å². The zero-order valence-electron chi connectivity index (χ0n) is 17.6. The lowest BCUT2D eigenvalue weighted by Crippen LogP contribution is -2.49. The molecule has 0 spiro atoms. The Balaban J connectivity index is 1.43. The number of likely N-dealkylation sites (tertiary alicyclic amines) is 1. The third-order valence-corrected chi connectivity index (χ3v) is 5.70. The molecule has 0 saturated carbocycles. The first-order valence-electron chi connectivity index (χ1n) is 10.9. The van der Waals surface area contributed by atoms with Crippen molar-refractivity contribution in [3.8, 4) is 0 Å². The van der Waals surface area contributed by atoms with Gasteiger partial charge in [-0.1, -0.05) is 30.3 Å². The van der Waals surface area contributed by atoms with E-state index in [4.69, 9.17) is 9.73 Å². The lowest BCUT2D eigenvalue weighted by Gasteiger charge is -2.33. The van der Waals surface area contributed by atoms with Gasteiger partial charge in [0.2, 0.25) is 0 Å². The summed E-state index contributed by atoms with van der Waals surface area (Å²) in [6.45, 7) is 13.1. The van der Waals surface area contributed by atoms with Gasteiger partial charge in [-0.3, -0.25) is 14.8 Å². The van der Waals surface area contributed by atoms with E-state index in [1.165, 1.54) is 5.56 Å². The van der Waals surface area contributed by atoms with Crippen LogP contribution in [0.4, 0.5) is 0 Å². The lowest BCUT2D eigenvalue weighted by molar-refractivity contribution is 0.0220. The van der Waals surface area contributed by atoms with Crippen molar-refractivity contribution in [1.29, 1.82) is 0 Å². The predicted octanol–water partition coefficient (Wildman–Crippen LogP) is 1.93. The van der Waals surface area contributed by atoms with Gasteiger partial charge in [-0.15, -0.1) is 0 Å². The second-order valence-corrected chi connectivity index (χ2v) is 7.90. The van der Waals surface area contributed by atoms with Crippen molar-refractivity contribution < 1.29 is 4.74 Å². The number of guanidine groups is 1. The van der Waals surface area contributed by atoms with Crippen LogP contribution in [0.25, 0.3) is 0 Å². The number of piperidine rings is 1. The van der Waals surface area contributed by atoms with E-state index in [1.54, 1.807) is 0 Å². The fourth-order valence-electron chi connectivity index (χ4n) is 3.95. The molecule has 0 aromatic heterocycles. The van der Waals surface area contributed by atoms with E-state index in [-0.39, 0.29) is 0 Å². The van der Waals surface area contributed by atoms with Crippen LogP contribution in [0.5, 0.6) is 0 Å². The van der Waals surface area contributed by atoms with E-state index in [1.807, 2.05) is 0 Å². The van der Waals surface area contributed by atoms with Gasteiger partial charge < -0.3 is 15.4 Å². The molecule has 1 atom stereocenters. The van der Waals surface area contributed by atoms with Gasteiger partial charge in [-0.25, -0.2) is 0 Å². The fraction of sp³-hybridized carbons (Fsp3) is 0.682. The first-order chi connectivity index (χ1) is 13.7. The van der Waals surface area contributed by atoms with Crippen LogP contribution in [-0.2, 0) is 11.3 Å². The van der Waals surface area contributed by atoms with Crippen LogP contribution in [0.15, 0.2) is 35.3 Å². The topological polar surface area (TPSA) is 52.1 Å². The fourth-order valence-corrected chi connectivity index (χ4v) is 3.95. The van der Waals surface area contributed by atoms with Gasteiger partial charge in [0.05, 0.1) is 19.8 Å². The van der Waals surface area contributed by atoms with Crippen molar-refractivity contribution in [3.05, 3.63) is 35.9 Å². The summed E-state index contributed by atoms with van der Waals surface area (Å²) in [7, 11) is 0. The van der Waals surface area contributed by atoms with Gasteiger partial charge in [0.15, 0.2) is 5.96 Å². The second-order valence-electron chi connectivity index (χ2n) is 7.90. The summed E-state index contributed by atoms with van der Waals surface area (Å²) in [6, 6.07) is 11.7. The molecule has 1 aromatic rings. The molecule has 6 heteroatoms. The van der Waals surface area contributed by atoms with Crippen LogP contribution in [0.2, 0.25) is 0 Å².